The fourth-order valence-corrected chi connectivity index (χ4v) is 3.24. The molecule has 0 aromatic heterocycles. The largest absolute Gasteiger partial charge is 0.352 e. The molecule has 0 aliphatic heterocycles. The minimum Gasteiger partial charge on any atom is -0.352 e. The first kappa shape index (κ1) is 16.9. The van der Waals surface area contributed by atoms with E-state index in [0.29, 0.717) is 22.5 Å². The molecule has 0 saturated heterocycles. The van der Waals surface area contributed by atoms with E-state index >= 15 is 0 Å². The van der Waals surface area contributed by atoms with Gasteiger partial charge >= 0.3 is 0 Å². The van der Waals surface area contributed by atoms with Gasteiger partial charge in [0, 0.05) is 18.5 Å². The van der Waals surface area contributed by atoms with Crippen LogP contribution < -0.4 is 11.1 Å². The van der Waals surface area contributed by atoms with Crippen LogP contribution in [0.4, 0.5) is 0 Å². The molecule has 1 aromatic carbocycles. The Morgan fingerprint density at radius 2 is 2.10 bits per heavy atom. The molecule has 2 aliphatic rings. The van der Waals surface area contributed by atoms with E-state index in [1.165, 1.54) is 12.8 Å². The number of nitrogens with two attached hydrogens (primary N) is 1. The van der Waals surface area contributed by atoms with E-state index in [1.807, 2.05) is 12.1 Å². The average Bonchev–Trinajstić information content (AvgIpc) is 3.30. The van der Waals surface area contributed by atoms with Crippen molar-refractivity contribution in [3.63, 3.8) is 0 Å². The summed E-state index contributed by atoms with van der Waals surface area (Å²) in [5.74, 6) is 0.891. The summed E-state index contributed by atoms with van der Waals surface area (Å²) < 4.78 is 0. The molecule has 0 bridgehead atoms. The standard InChI is InChI=1S/C15H18Cl2N2O.ClH/c16-12-3-1-2-9(14(12)17)10-6-11(10)15(20)19-13(7-18)8-4-5-8;/h1-3,8,10-11,13H,4-7,18H2,(H,19,20);1H. The number of benzene rings is 1. The zero-order valence-corrected chi connectivity index (χ0v) is 13.8. The van der Waals surface area contributed by atoms with Crippen molar-refractivity contribution < 1.29 is 4.79 Å². The van der Waals surface area contributed by atoms with Gasteiger partial charge in [-0.2, -0.15) is 0 Å². The van der Waals surface area contributed by atoms with Crippen LogP contribution >= 0.6 is 35.6 Å². The zero-order chi connectivity index (χ0) is 14.3. The van der Waals surface area contributed by atoms with E-state index in [9.17, 15) is 4.79 Å². The monoisotopic (exact) mass is 348 g/mol. The Kier molecular flexibility index (Phi) is 5.42. The summed E-state index contributed by atoms with van der Waals surface area (Å²) in [6.07, 6.45) is 3.20. The third-order valence-corrected chi connectivity index (χ3v) is 5.11. The van der Waals surface area contributed by atoms with Gasteiger partial charge in [0.15, 0.2) is 0 Å². The minimum atomic E-state index is 0. The highest BCUT2D eigenvalue weighted by Crippen LogP contribution is 2.51. The molecule has 21 heavy (non-hydrogen) atoms. The quantitative estimate of drug-likeness (QED) is 0.856. The lowest BCUT2D eigenvalue weighted by atomic mass is 10.1. The molecule has 1 amide bonds. The molecule has 2 saturated carbocycles. The van der Waals surface area contributed by atoms with E-state index in [-0.39, 0.29) is 36.2 Å². The summed E-state index contributed by atoms with van der Waals surface area (Å²) in [5.41, 5.74) is 6.70. The third-order valence-electron chi connectivity index (χ3n) is 4.28. The first-order valence-corrected chi connectivity index (χ1v) is 7.81. The Morgan fingerprint density at radius 1 is 1.38 bits per heavy atom. The summed E-state index contributed by atoms with van der Waals surface area (Å²) in [6, 6.07) is 5.73. The molecule has 3 atom stereocenters. The van der Waals surface area contributed by atoms with Crippen LogP contribution in [0.1, 0.15) is 30.7 Å². The van der Waals surface area contributed by atoms with Crippen molar-refractivity contribution >= 4 is 41.5 Å². The maximum atomic E-state index is 12.2. The Morgan fingerprint density at radius 3 is 2.71 bits per heavy atom. The summed E-state index contributed by atoms with van der Waals surface area (Å²) in [7, 11) is 0. The molecular formula is C15H19Cl3N2O. The van der Waals surface area contributed by atoms with Crippen LogP contribution in [0.5, 0.6) is 0 Å². The van der Waals surface area contributed by atoms with Crippen molar-refractivity contribution in [1.29, 1.82) is 0 Å². The van der Waals surface area contributed by atoms with Crippen LogP contribution in [-0.2, 0) is 4.79 Å². The Bertz CT molecular complexity index is 534. The zero-order valence-electron chi connectivity index (χ0n) is 11.5. The van der Waals surface area contributed by atoms with Crippen LogP contribution in [-0.4, -0.2) is 18.5 Å². The molecule has 1 aromatic rings. The normalized spacial score (nSPS) is 24.9. The maximum absolute atomic E-state index is 12.2. The van der Waals surface area contributed by atoms with Crippen molar-refractivity contribution in [3.05, 3.63) is 33.8 Å². The predicted molar refractivity (Wildman–Crippen MR) is 88.3 cm³/mol. The summed E-state index contributed by atoms with van der Waals surface area (Å²) in [6.45, 7) is 0.520. The van der Waals surface area contributed by atoms with Gasteiger partial charge in [-0.3, -0.25) is 4.79 Å². The molecule has 3 nitrogen and oxygen atoms in total. The number of carbonyl (C=O) groups is 1. The van der Waals surface area contributed by atoms with Gasteiger partial charge in [-0.1, -0.05) is 35.3 Å². The molecule has 0 spiro atoms. The molecule has 3 rings (SSSR count). The van der Waals surface area contributed by atoms with Crippen LogP contribution in [0.25, 0.3) is 0 Å². The molecule has 3 unspecified atom stereocenters. The molecule has 6 heteroatoms. The van der Waals surface area contributed by atoms with E-state index in [1.54, 1.807) is 6.07 Å². The van der Waals surface area contributed by atoms with E-state index in [4.69, 9.17) is 28.9 Å². The SMILES string of the molecule is Cl.NCC(NC(=O)C1CC1c1cccc(Cl)c1Cl)C1CC1. The van der Waals surface area contributed by atoms with Crippen molar-refractivity contribution in [2.45, 2.75) is 31.2 Å². The Balaban J connectivity index is 0.00000161. The van der Waals surface area contributed by atoms with Crippen LogP contribution in [0.3, 0.4) is 0 Å². The molecule has 116 valence electrons. The lowest BCUT2D eigenvalue weighted by molar-refractivity contribution is -0.123. The number of nitrogens with one attached hydrogen (secondary N) is 1. The van der Waals surface area contributed by atoms with Gasteiger partial charge in [-0.05, 0) is 42.7 Å². The number of hydrogen-bond donors (Lipinski definition) is 2. The van der Waals surface area contributed by atoms with Crippen LogP contribution in [0, 0.1) is 11.8 Å². The second-order valence-corrected chi connectivity index (χ2v) is 6.57. The topological polar surface area (TPSA) is 55.1 Å². The minimum absolute atomic E-state index is 0. The van der Waals surface area contributed by atoms with Crippen molar-refractivity contribution in [3.8, 4) is 0 Å². The first-order chi connectivity index (χ1) is 9.61. The number of carbonyl (C=O) groups excluding carboxylic acids is 1. The lowest BCUT2D eigenvalue weighted by Crippen LogP contribution is -2.42. The van der Waals surface area contributed by atoms with Gasteiger partial charge in [0.1, 0.15) is 0 Å². The fourth-order valence-electron chi connectivity index (χ4n) is 2.79. The highest BCUT2D eigenvalue weighted by molar-refractivity contribution is 6.42. The predicted octanol–water partition coefficient (Wildman–Crippen LogP) is 3.37. The van der Waals surface area contributed by atoms with Crippen LogP contribution in [0.15, 0.2) is 18.2 Å². The second-order valence-electron chi connectivity index (χ2n) is 5.78. The van der Waals surface area contributed by atoms with Gasteiger partial charge in [0.2, 0.25) is 5.91 Å². The summed E-state index contributed by atoms with van der Waals surface area (Å²) >= 11 is 12.2. The molecular weight excluding hydrogens is 331 g/mol. The Hall–Kier alpha value is -0.480. The molecule has 0 radical (unpaired) electrons. The average molecular weight is 350 g/mol. The molecule has 0 heterocycles. The number of amides is 1. The highest BCUT2D eigenvalue weighted by atomic mass is 35.5. The number of halogens is 3. The highest BCUT2D eigenvalue weighted by Gasteiger charge is 2.46. The molecule has 3 N–H and O–H groups in total. The van der Waals surface area contributed by atoms with E-state index in [0.717, 1.165) is 12.0 Å². The van der Waals surface area contributed by atoms with Gasteiger partial charge in [-0.25, -0.2) is 0 Å². The van der Waals surface area contributed by atoms with E-state index < -0.39 is 0 Å². The smallest absolute Gasteiger partial charge is 0.224 e. The van der Waals surface area contributed by atoms with E-state index in [2.05, 4.69) is 5.32 Å². The van der Waals surface area contributed by atoms with Crippen molar-refractivity contribution in [1.82, 2.24) is 5.32 Å². The third kappa shape index (κ3) is 3.65. The fraction of sp³-hybridized carbons (Fsp3) is 0.533. The number of hydrogen-bond acceptors (Lipinski definition) is 2. The first-order valence-electron chi connectivity index (χ1n) is 7.06. The number of rotatable bonds is 5. The Labute approximate surface area is 141 Å². The van der Waals surface area contributed by atoms with Gasteiger partial charge in [0.25, 0.3) is 0 Å². The maximum Gasteiger partial charge on any atom is 0.224 e. The van der Waals surface area contributed by atoms with Gasteiger partial charge < -0.3 is 11.1 Å². The summed E-state index contributed by atoms with van der Waals surface area (Å²) in [4.78, 5) is 12.2. The van der Waals surface area contributed by atoms with Gasteiger partial charge in [-0.15, -0.1) is 12.4 Å². The van der Waals surface area contributed by atoms with Crippen molar-refractivity contribution in [2.75, 3.05) is 6.54 Å². The summed E-state index contributed by atoms with van der Waals surface area (Å²) in [5, 5.41) is 4.21. The second kappa shape index (κ2) is 6.74. The van der Waals surface area contributed by atoms with Gasteiger partial charge in [0.05, 0.1) is 10.0 Å². The van der Waals surface area contributed by atoms with Crippen molar-refractivity contribution in [2.24, 2.45) is 17.6 Å². The lowest BCUT2D eigenvalue weighted by Gasteiger charge is -2.16. The van der Waals surface area contributed by atoms with Crippen LogP contribution in [0.2, 0.25) is 10.0 Å². The molecule has 2 aliphatic carbocycles. The molecule has 2 fully saturated rings.